The van der Waals surface area contributed by atoms with Gasteiger partial charge in [0.25, 0.3) is 0 Å². The zero-order valence-corrected chi connectivity index (χ0v) is 18.9. The first-order valence-corrected chi connectivity index (χ1v) is 12.3. The van der Waals surface area contributed by atoms with Crippen LogP contribution in [-0.2, 0) is 14.6 Å². The molecule has 0 aliphatic rings. The highest BCUT2D eigenvalue weighted by atomic mass is 32.2. The van der Waals surface area contributed by atoms with Crippen LogP contribution in [0, 0.1) is 0 Å². The highest BCUT2D eigenvalue weighted by Gasteiger charge is 2.22. The minimum Gasteiger partial charge on any atom is -0.354 e. The monoisotopic (exact) mass is 449 g/mol. The fraction of sp³-hybridized carbons (Fsp3) is 0.231. The molecule has 0 bridgehead atoms. The average molecular weight is 450 g/mol. The molecule has 6 heteroatoms. The smallest absolute Gasteiger partial charge is 0.228 e. The molecule has 3 rings (SSSR count). The first-order chi connectivity index (χ1) is 15.4. The van der Waals surface area contributed by atoms with Gasteiger partial charge in [-0.2, -0.15) is 0 Å². The Labute approximate surface area is 189 Å². The maximum atomic E-state index is 13.3. The average Bonchev–Trinajstić information content (AvgIpc) is 2.82. The summed E-state index contributed by atoms with van der Waals surface area (Å²) in [6.45, 7) is 2.08. The molecule has 5 nitrogen and oxygen atoms in total. The Morgan fingerprint density at radius 2 is 1.44 bits per heavy atom. The van der Waals surface area contributed by atoms with Gasteiger partial charge in [-0.05, 0) is 55.0 Å². The summed E-state index contributed by atoms with van der Waals surface area (Å²) in [4.78, 5) is 24.7. The van der Waals surface area contributed by atoms with Crippen molar-refractivity contribution in [2.45, 2.75) is 48.8 Å². The van der Waals surface area contributed by atoms with Crippen molar-refractivity contribution in [3.8, 4) is 0 Å². The van der Waals surface area contributed by atoms with Crippen LogP contribution in [-0.4, -0.2) is 20.0 Å². The van der Waals surface area contributed by atoms with Crippen molar-refractivity contribution in [1.29, 1.82) is 0 Å². The third-order valence-corrected chi connectivity index (χ3v) is 6.99. The van der Waals surface area contributed by atoms with E-state index in [9.17, 15) is 18.0 Å². The van der Waals surface area contributed by atoms with Gasteiger partial charge in [-0.15, -0.1) is 0 Å². The first kappa shape index (κ1) is 23.4. The Morgan fingerprint density at radius 3 is 2.12 bits per heavy atom. The van der Waals surface area contributed by atoms with Gasteiger partial charge in [0.05, 0.1) is 15.5 Å². The van der Waals surface area contributed by atoms with Crippen molar-refractivity contribution in [2.75, 3.05) is 5.32 Å². The highest BCUT2D eigenvalue weighted by Crippen LogP contribution is 2.30. The molecule has 3 aromatic rings. The summed E-state index contributed by atoms with van der Waals surface area (Å²) in [6.07, 6.45) is 3.92. The summed E-state index contributed by atoms with van der Waals surface area (Å²) in [5.74, 6) is -1.01. The van der Waals surface area contributed by atoms with E-state index < -0.39 is 21.4 Å². The van der Waals surface area contributed by atoms with Crippen LogP contribution >= 0.6 is 0 Å². The van der Waals surface area contributed by atoms with Crippen molar-refractivity contribution in [2.24, 2.45) is 0 Å². The molecule has 1 N–H and O–H groups in total. The van der Waals surface area contributed by atoms with E-state index in [-0.39, 0.29) is 21.8 Å². The largest absolute Gasteiger partial charge is 0.354 e. The molecule has 0 heterocycles. The number of nitrogens with one attached hydrogen (secondary N) is 1. The van der Waals surface area contributed by atoms with Crippen LogP contribution in [0.1, 0.15) is 49.4 Å². The SMILES string of the molecule is CCCCCCC(=O)C(=O)c1ccc(S(=O)(=O)c2ccccc2Nc2ccccc2)cc1. The second kappa shape index (κ2) is 10.9. The molecule has 0 saturated heterocycles. The Hall–Kier alpha value is -3.25. The second-order valence-electron chi connectivity index (χ2n) is 7.58. The number of carbonyl (C=O) groups is 2. The quantitative estimate of drug-likeness (QED) is 0.221. The molecule has 0 radical (unpaired) electrons. The summed E-state index contributed by atoms with van der Waals surface area (Å²) in [6, 6.07) is 21.6. The predicted octanol–water partition coefficient (Wildman–Crippen LogP) is 5.99. The fourth-order valence-electron chi connectivity index (χ4n) is 3.38. The van der Waals surface area contributed by atoms with Crippen molar-refractivity contribution in [3.63, 3.8) is 0 Å². The fourth-order valence-corrected chi connectivity index (χ4v) is 4.80. The molecule has 0 fully saturated rings. The van der Waals surface area contributed by atoms with Gasteiger partial charge in [0.2, 0.25) is 21.4 Å². The van der Waals surface area contributed by atoms with Crippen LogP contribution < -0.4 is 5.32 Å². The van der Waals surface area contributed by atoms with E-state index in [1.54, 1.807) is 24.3 Å². The highest BCUT2D eigenvalue weighted by molar-refractivity contribution is 7.91. The molecular formula is C26H27NO4S. The number of sulfone groups is 1. The molecular weight excluding hydrogens is 422 g/mol. The zero-order chi connectivity index (χ0) is 23.0. The Morgan fingerprint density at radius 1 is 0.781 bits per heavy atom. The van der Waals surface area contributed by atoms with Gasteiger partial charge in [0.15, 0.2) is 0 Å². The van der Waals surface area contributed by atoms with Gasteiger partial charge in [0.1, 0.15) is 0 Å². The lowest BCUT2D eigenvalue weighted by Crippen LogP contribution is -2.14. The number of rotatable bonds is 11. The van der Waals surface area contributed by atoms with E-state index in [0.717, 1.165) is 24.9 Å². The molecule has 0 spiro atoms. The predicted molar refractivity (Wildman–Crippen MR) is 126 cm³/mol. The molecule has 0 aliphatic heterocycles. The van der Waals surface area contributed by atoms with Crippen LogP contribution in [0.3, 0.4) is 0 Å². The van der Waals surface area contributed by atoms with Crippen molar-refractivity contribution < 1.29 is 18.0 Å². The number of ketones is 2. The van der Waals surface area contributed by atoms with E-state index >= 15 is 0 Å². The van der Waals surface area contributed by atoms with Gasteiger partial charge in [-0.25, -0.2) is 8.42 Å². The first-order valence-electron chi connectivity index (χ1n) is 10.8. The number of anilines is 2. The standard InChI is InChI=1S/C26H27NO4S/c1-2-3-4-8-14-24(28)26(29)20-16-18-22(19-17-20)32(30,31)25-15-10-9-13-23(25)27-21-11-6-5-7-12-21/h5-7,9-13,15-19,27H,2-4,8,14H2,1H3. The van der Waals surface area contributed by atoms with Gasteiger partial charge in [-0.3, -0.25) is 9.59 Å². The normalized spacial score (nSPS) is 11.2. The molecule has 166 valence electrons. The molecule has 0 atom stereocenters. The molecule has 0 saturated carbocycles. The Bertz CT molecular complexity index is 1170. The van der Waals surface area contributed by atoms with E-state index in [1.807, 2.05) is 30.3 Å². The van der Waals surface area contributed by atoms with Crippen LogP contribution in [0.25, 0.3) is 0 Å². The zero-order valence-electron chi connectivity index (χ0n) is 18.1. The molecule has 0 aromatic heterocycles. The minimum absolute atomic E-state index is 0.0618. The van der Waals surface area contributed by atoms with Crippen LogP contribution in [0.4, 0.5) is 11.4 Å². The topological polar surface area (TPSA) is 80.3 Å². The summed E-state index contributed by atoms with van der Waals surface area (Å²) in [5.41, 5.74) is 1.44. The molecule has 3 aromatic carbocycles. The number of hydrogen-bond acceptors (Lipinski definition) is 5. The summed E-state index contributed by atoms with van der Waals surface area (Å²) in [7, 11) is -3.83. The van der Waals surface area contributed by atoms with E-state index in [0.29, 0.717) is 12.1 Å². The molecule has 0 amide bonds. The lowest BCUT2D eigenvalue weighted by molar-refractivity contribution is -0.115. The Balaban J connectivity index is 1.79. The van der Waals surface area contributed by atoms with Gasteiger partial charge in [0, 0.05) is 17.7 Å². The van der Waals surface area contributed by atoms with Crippen LogP contribution in [0.2, 0.25) is 0 Å². The minimum atomic E-state index is -3.83. The third-order valence-electron chi connectivity index (χ3n) is 5.17. The number of para-hydroxylation sites is 2. The maximum Gasteiger partial charge on any atom is 0.228 e. The summed E-state index contributed by atoms with van der Waals surface area (Å²) < 4.78 is 26.5. The van der Waals surface area contributed by atoms with E-state index in [2.05, 4.69) is 12.2 Å². The van der Waals surface area contributed by atoms with Crippen LogP contribution in [0.5, 0.6) is 0 Å². The lowest BCUT2D eigenvalue weighted by Gasteiger charge is -2.13. The number of hydrogen-bond donors (Lipinski definition) is 1. The summed E-state index contributed by atoms with van der Waals surface area (Å²) in [5, 5.41) is 3.14. The van der Waals surface area contributed by atoms with Crippen molar-refractivity contribution >= 4 is 32.8 Å². The van der Waals surface area contributed by atoms with Gasteiger partial charge >= 0.3 is 0 Å². The molecule has 32 heavy (non-hydrogen) atoms. The number of benzene rings is 3. The summed E-state index contributed by atoms with van der Waals surface area (Å²) >= 11 is 0. The number of carbonyl (C=O) groups excluding carboxylic acids is 2. The molecule has 0 aliphatic carbocycles. The number of unbranched alkanes of at least 4 members (excludes halogenated alkanes) is 3. The Kier molecular flexibility index (Phi) is 7.95. The van der Waals surface area contributed by atoms with Crippen molar-refractivity contribution in [1.82, 2.24) is 0 Å². The maximum absolute atomic E-state index is 13.3. The second-order valence-corrected chi connectivity index (χ2v) is 9.50. The van der Waals surface area contributed by atoms with Gasteiger partial charge < -0.3 is 5.32 Å². The van der Waals surface area contributed by atoms with E-state index in [1.165, 1.54) is 24.3 Å². The van der Waals surface area contributed by atoms with Crippen molar-refractivity contribution in [3.05, 3.63) is 84.4 Å². The third kappa shape index (κ3) is 5.71. The number of Topliss-reactive ketones (excluding diaryl/α,β-unsaturated/α-hetero) is 2. The lowest BCUT2D eigenvalue weighted by atomic mass is 10.0. The molecule has 0 unspecified atom stereocenters. The van der Waals surface area contributed by atoms with Gasteiger partial charge in [-0.1, -0.05) is 56.5 Å². The van der Waals surface area contributed by atoms with E-state index in [4.69, 9.17) is 0 Å². The van der Waals surface area contributed by atoms with Crippen LogP contribution in [0.15, 0.2) is 88.7 Å².